The molecule has 1 aromatic rings. The van der Waals surface area contributed by atoms with Gasteiger partial charge in [-0.1, -0.05) is 0 Å². The van der Waals surface area contributed by atoms with Gasteiger partial charge in [0.1, 0.15) is 0 Å². The number of nitrogens with one attached hydrogen (secondary N) is 1. The van der Waals surface area contributed by atoms with Gasteiger partial charge in [0.15, 0.2) is 0 Å². The van der Waals surface area contributed by atoms with Crippen molar-refractivity contribution in [2.24, 2.45) is 0 Å². The van der Waals surface area contributed by atoms with Gasteiger partial charge >= 0.3 is 5.97 Å². The molecule has 1 aromatic heterocycles. The minimum atomic E-state index is -0.643. The molecule has 0 aliphatic heterocycles. The SMILES string of the molecule is O=CNOC(=O)c1cccnc1. The van der Waals surface area contributed by atoms with Crippen LogP contribution in [0.25, 0.3) is 0 Å². The van der Waals surface area contributed by atoms with Crippen LogP contribution in [0.4, 0.5) is 0 Å². The number of amides is 1. The van der Waals surface area contributed by atoms with Crippen molar-refractivity contribution in [2.75, 3.05) is 0 Å². The van der Waals surface area contributed by atoms with E-state index in [1.165, 1.54) is 18.5 Å². The molecule has 5 heteroatoms. The molecule has 0 bridgehead atoms. The highest BCUT2D eigenvalue weighted by molar-refractivity contribution is 5.89. The summed E-state index contributed by atoms with van der Waals surface area (Å²) in [5.74, 6) is -0.643. The Morgan fingerprint density at radius 3 is 3.08 bits per heavy atom. The summed E-state index contributed by atoms with van der Waals surface area (Å²) in [6.45, 7) is 0. The third kappa shape index (κ3) is 2.05. The van der Waals surface area contributed by atoms with E-state index in [2.05, 4.69) is 9.82 Å². The van der Waals surface area contributed by atoms with Crippen LogP contribution in [0.1, 0.15) is 10.4 Å². The van der Waals surface area contributed by atoms with Crippen molar-refractivity contribution in [1.82, 2.24) is 10.5 Å². The molecule has 1 heterocycles. The van der Waals surface area contributed by atoms with E-state index in [9.17, 15) is 9.59 Å². The van der Waals surface area contributed by atoms with Gasteiger partial charge in [0.25, 0.3) is 0 Å². The lowest BCUT2D eigenvalue weighted by Crippen LogP contribution is -2.18. The lowest BCUT2D eigenvalue weighted by molar-refractivity contribution is -0.117. The quantitative estimate of drug-likeness (QED) is 0.503. The summed E-state index contributed by atoms with van der Waals surface area (Å²) in [7, 11) is 0. The maximum Gasteiger partial charge on any atom is 0.364 e. The number of hydrogen-bond donors (Lipinski definition) is 1. The molecular formula is C7H6N2O3. The van der Waals surface area contributed by atoms with Gasteiger partial charge in [0, 0.05) is 12.4 Å². The summed E-state index contributed by atoms with van der Waals surface area (Å²) in [4.78, 5) is 28.6. The van der Waals surface area contributed by atoms with Crippen LogP contribution < -0.4 is 5.48 Å². The van der Waals surface area contributed by atoms with Crippen LogP contribution in [-0.2, 0) is 9.63 Å². The Kier molecular flexibility index (Phi) is 2.78. The molecule has 0 fully saturated rings. The van der Waals surface area contributed by atoms with E-state index in [1.807, 2.05) is 0 Å². The number of carbonyl (C=O) groups is 2. The highest BCUT2D eigenvalue weighted by Gasteiger charge is 2.05. The monoisotopic (exact) mass is 166 g/mol. The van der Waals surface area contributed by atoms with E-state index < -0.39 is 5.97 Å². The summed E-state index contributed by atoms with van der Waals surface area (Å²) in [6.07, 6.45) is 3.15. The van der Waals surface area contributed by atoms with Gasteiger partial charge in [-0.2, -0.15) is 5.48 Å². The van der Waals surface area contributed by atoms with Crippen LogP contribution in [0, 0.1) is 0 Å². The Morgan fingerprint density at radius 1 is 1.67 bits per heavy atom. The van der Waals surface area contributed by atoms with Crippen LogP contribution >= 0.6 is 0 Å². The molecule has 12 heavy (non-hydrogen) atoms. The molecule has 62 valence electrons. The largest absolute Gasteiger partial charge is 0.364 e. The molecule has 0 spiro atoms. The maximum atomic E-state index is 10.9. The molecule has 0 atom stereocenters. The van der Waals surface area contributed by atoms with Crippen LogP contribution in [0.5, 0.6) is 0 Å². The van der Waals surface area contributed by atoms with Crippen molar-refractivity contribution in [3.05, 3.63) is 30.1 Å². The van der Waals surface area contributed by atoms with Crippen LogP contribution in [-0.4, -0.2) is 17.4 Å². The van der Waals surface area contributed by atoms with E-state index in [1.54, 1.807) is 11.5 Å². The fourth-order valence-corrected chi connectivity index (χ4v) is 0.620. The number of pyridine rings is 1. The molecule has 1 rings (SSSR count). The molecule has 1 N–H and O–H groups in total. The predicted molar refractivity (Wildman–Crippen MR) is 38.9 cm³/mol. The van der Waals surface area contributed by atoms with Crippen LogP contribution in [0.3, 0.4) is 0 Å². The van der Waals surface area contributed by atoms with Crippen molar-refractivity contribution < 1.29 is 14.4 Å². The Balaban J connectivity index is 2.59. The van der Waals surface area contributed by atoms with Gasteiger partial charge < -0.3 is 4.84 Å². The number of aromatic nitrogens is 1. The molecule has 0 unspecified atom stereocenters. The lowest BCUT2D eigenvalue weighted by atomic mass is 10.3. The number of nitrogens with zero attached hydrogens (tertiary/aromatic N) is 1. The summed E-state index contributed by atoms with van der Waals surface area (Å²) in [5.41, 5.74) is 2.07. The van der Waals surface area contributed by atoms with E-state index in [-0.39, 0.29) is 12.0 Å². The first-order valence-corrected chi connectivity index (χ1v) is 3.15. The van der Waals surface area contributed by atoms with Crippen molar-refractivity contribution >= 4 is 12.4 Å². The van der Waals surface area contributed by atoms with Crippen LogP contribution in [0.2, 0.25) is 0 Å². The highest BCUT2D eigenvalue weighted by atomic mass is 16.7. The van der Waals surface area contributed by atoms with Crippen LogP contribution in [0.15, 0.2) is 24.5 Å². The molecule has 0 aliphatic carbocycles. The summed E-state index contributed by atoms with van der Waals surface area (Å²) in [5, 5.41) is 0. The van der Waals surface area contributed by atoms with Crippen molar-refractivity contribution in [3.8, 4) is 0 Å². The average molecular weight is 166 g/mol. The van der Waals surface area contributed by atoms with Gasteiger partial charge in [-0.15, -0.1) is 0 Å². The first-order valence-electron chi connectivity index (χ1n) is 3.15. The Morgan fingerprint density at radius 2 is 2.50 bits per heavy atom. The van der Waals surface area contributed by atoms with Crippen molar-refractivity contribution in [3.63, 3.8) is 0 Å². The Hall–Kier alpha value is -1.91. The highest BCUT2D eigenvalue weighted by Crippen LogP contribution is 1.96. The number of hydroxylamine groups is 1. The van der Waals surface area contributed by atoms with Gasteiger partial charge in [-0.25, -0.2) is 4.79 Å². The number of carbonyl (C=O) groups excluding carboxylic acids is 2. The zero-order chi connectivity index (χ0) is 8.81. The molecule has 5 nitrogen and oxygen atoms in total. The third-order valence-corrected chi connectivity index (χ3v) is 1.10. The molecule has 0 saturated carbocycles. The maximum absolute atomic E-state index is 10.9. The standard InChI is InChI=1S/C7H6N2O3/c10-5-9-12-7(11)6-2-1-3-8-4-6/h1-5H,(H,9,10). The van der Waals surface area contributed by atoms with E-state index in [0.717, 1.165) is 0 Å². The minimum absolute atomic E-state index is 0.272. The van der Waals surface area contributed by atoms with Crippen molar-refractivity contribution in [2.45, 2.75) is 0 Å². The molecule has 1 amide bonds. The van der Waals surface area contributed by atoms with Gasteiger partial charge in [0.05, 0.1) is 5.56 Å². The zero-order valence-corrected chi connectivity index (χ0v) is 6.06. The molecule has 0 saturated heterocycles. The zero-order valence-electron chi connectivity index (χ0n) is 6.06. The molecule has 0 aliphatic rings. The fourth-order valence-electron chi connectivity index (χ4n) is 0.620. The number of rotatable bonds is 3. The first kappa shape index (κ1) is 8.19. The molecule has 0 aromatic carbocycles. The van der Waals surface area contributed by atoms with E-state index in [4.69, 9.17) is 0 Å². The Labute approximate surface area is 68.3 Å². The topological polar surface area (TPSA) is 68.3 Å². The lowest BCUT2D eigenvalue weighted by Gasteiger charge is -1.98. The normalized spacial score (nSPS) is 8.67. The van der Waals surface area contributed by atoms with Gasteiger partial charge in [-0.05, 0) is 12.1 Å². The minimum Gasteiger partial charge on any atom is -0.335 e. The average Bonchev–Trinajstić information content (AvgIpc) is 2.15. The first-order chi connectivity index (χ1) is 5.84. The molecule has 0 radical (unpaired) electrons. The van der Waals surface area contributed by atoms with E-state index in [0.29, 0.717) is 0 Å². The third-order valence-electron chi connectivity index (χ3n) is 1.10. The van der Waals surface area contributed by atoms with Crippen molar-refractivity contribution in [1.29, 1.82) is 0 Å². The number of hydrogen-bond acceptors (Lipinski definition) is 4. The second-order valence-electron chi connectivity index (χ2n) is 1.87. The van der Waals surface area contributed by atoms with E-state index >= 15 is 0 Å². The second-order valence-corrected chi connectivity index (χ2v) is 1.87. The Bertz CT molecular complexity index is 273. The predicted octanol–water partition coefficient (Wildman–Crippen LogP) is -0.101. The van der Waals surface area contributed by atoms with Gasteiger partial charge in [0.2, 0.25) is 6.41 Å². The summed E-state index contributed by atoms with van der Waals surface area (Å²) in [6, 6.07) is 3.12. The smallest absolute Gasteiger partial charge is 0.335 e. The molecular weight excluding hydrogens is 160 g/mol. The summed E-state index contributed by atoms with van der Waals surface area (Å²) >= 11 is 0. The fraction of sp³-hybridized carbons (Fsp3) is 0. The van der Waals surface area contributed by atoms with Gasteiger partial charge in [-0.3, -0.25) is 9.78 Å². The second kappa shape index (κ2) is 4.07. The summed E-state index contributed by atoms with van der Waals surface area (Å²) < 4.78 is 0.